The summed E-state index contributed by atoms with van der Waals surface area (Å²) in [6, 6.07) is 0. The van der Waals surface area contributed by atoms with Crippen molar-refractivity contribution in [1.29, 1.82) is 0 Å². The summed E-state index contributed by atoms with van der Waals surface area (Å²) >= 11 is 0. The molecule has 15 heteroatoms. The number of ether oxygens (including phenoxy) is 10. The average molecular weight is 615 g/mol. The van der Waals surface area contributed by atoms with Gasteiger partial charge in [-0.25, -0.2) is 0 Å². The van der Waals surface area contributed by atoms with E-state index in [1.54, 1.807) is 0 Å². The fourth-order valence-corrected chi connectivity index (χ4v) is 2.88. The van der Waals surface area contributed by atoms with Crippen molar-refractivity contribution in [2.45, 2.75) is 19.3 Å². The summed E-state index contributed by atoms with van der Waals surface area (Å²) in [7, 11) is 0. The summed E-state index contributed by atoms with van der Waals surface area (Å²) in [4.78, 5) is 21.7. The van der Waals surface area contributed by atoms with Crippen LogP contribution in [0.3, 0.4) is 0 Å². The van der Waals surface area contributed by atoms with Gasteiger partial charge in [-0.05, 0) is 6.42 Å². The molecule has 0 radical (unpaired) electrons. The van der Waals surface area contributed by atoms with Crippen molar-refractivity contribution in [3.05, 3.63) is 0 Å². The molecule has 0 saturated heterocycles. The van der Waals surface area contributed by atoms with Gasteiger partial charge in [-0.2, -0.15) is 0 Å². The Morgan fingerprint density at radius 3 is 1.02 bits per heavy atom. The molecule has 0 aromatic carbocycles. The van der Waals surface area contributed by atoms with Crippen molar-refractivity contribution in [3.63, 3.8) is 0 Å². The van der Waals surface area contributed by atoms with Gasteiger partial charge in [0.2, 0.25) is 5.91 Å². The van der Waals surface area contributed by atoms with Crippen molar-refractivity contribution < 1.29 is 62.1 Å². The molecule has 0 fully saturated rings. The highest BCUT2D eigenvalue weighted by molar-refractivity contribution is 5.80. The molecule has 0 aromatic heterocycles. The maximum atomic E-state index is 11.3. The molecule has 0 spiro atoms. The minimum absolute atomic E-state index is 0.00893. The van der Waals surface area contributed by atoms with Crippen molar-refractivity contribution in [2.24, 2.45) is 5.73 Å². The second-order valence-corrected chi connectivity index (χ2v) is 8.51. The highest BCUT2D eigenvalue weighted by Crippen LogP contribution is 1.90. The Balaban J connectivity index is 3.08. The Labute approximate surface area is 249 Å². The summed E-state index contributed by atoms with van der Waals surface area (Å²) < 4.78 is 54.0. The first-order chi connectivity index (χ1) is 20.7. The molecule has 0 aliphatic rings. The lowest BCUT2D eigenvalue weighted by atomic mass is 10.3. The van der Waals surface area contributed by atoms with Crippen LogP contribution in [0.5, 0.6) is 0 Å². The van der Waals surface area contributed by atoms with Crippen LogP contribution in [-0.2, 0) is 57.0 Å². The average Bonchev–Trinajstić information content (AvgIpc) is 2.98. The van der Waals surface area contributed by atoms with E-state index in [9.17, 15) is 9.59 Å². The van der Waals surface area contributed by atoms with Crippen molar-refractivity contribution in [1.82, 2.24) is 5.32 Å². The topological polar surface area (TPSA) is 185 Å². The molecule has 0 aliphatic carbocycles. The molecule has 0 aliphatic heterocycles. The van der Waals surface area contributed by atoms with Crippen LogP contribution in [0.2, 0.25) is 0 Å². The lowest BCUT2D eigenvalue weighted by Gasteiger charge is -2.09. The predicted octanol–water partition coefficient (Wildman–Crippen LogP) is -0.518. The number of carboxylic acid groups (broad SMARTS) is 1. The van der Waals surface area contributed by atoms with Crippen molar-refractivity contribution in [3.8, 4) is 0 Å². The molecule has 4 N–H and O–H groups in total. The predicted molar refractivity (Wildman–Crippen MR) is 152 cm³/mol. The SMILES string of the molecule is NCCOCCOCCOCCOCCOCCOCCOCCOCCOCCOCCCNC(=O)CCC(=O)O. The molecule has 0 bridgehead atoms. The van der Waals surface area contributed by atoms with Crippen LogP contribution in [0.25, 0.3) is 0 Å². The Hall–Kier alpha value is -1.50. The van der Waals surface area contributed by atoms with Crippen LogP contribution in [0.1, 0.15) is 19.3 Å². The Bertz CT molecular complexity index is 576. The van der Waals surface area contributed by atoms with E-state index in [1.165, 1.54) is 0 Å². The van der Waals surface area contributed by atoms with E-state index < -0.39 is 5.97 Å². The maximum Gasteiger partial charge on any atom is 0.303 e. The van der Waals surface area contributed by atoms with E-state index in [-0.39, 0.29) is 18.7 Å². The molecule has 0 aromatic rings. The number of nitrogens with two attached hydrogens (primary N) is 1. The quantitative estimate of drug-likeness (QED) is 0.0766. The summed E-state index contributed by atoms with van der Waals surface area (Å²) in [5, 5.41) is 11.2. The number of rotatable bonds is 36. The molecule has 0 unspecified atom stereocenters. The number of carboxylic acids is 1. The molecule has 42 heavy (non-hydrogen) atoms. The van der Waals surface area contributed by atoms with E-state index in [2.05, 4.69) is 5.32 Å². The molecule has 15 nitrogen and oxygen atoms in total. The zero-order chi connectivity index (χ0) is 30.6. The molecule has 0 rings (SSSR count). The lowest BCUT2D eigenvalue weighted by Crippen LogP contribution is -2.25. The third-order valence-corrected chi connectivity index (χ3v) is 4.96. The summed E-state index contributed by atoms with van der Waals surface area (Å²) in [6.45, 7) is 10.9. The first-order valence-corrected chi connectivity index (χ1v) is 14.6. The molecule has 250 valence electrons. The second-order valence-electron chi connectivity index (χ2n) is 8.51. The van der Waals surface area contributed by atoms with Crippen LogP contribution in [0.4, 0.5) is 0 Å². The molecule has 0 atom stereocenters. The monoisotopic (exact) mass is 614 g/mol. The van der Waals surface area contributed by atoms with Crippen LogP contribution in [0, 0.1) is 0 Å². The van der Waals surface area contributed by atoms with Gasteiger partial charge in [0.15, 0.2) is 0 Å². The van der Waals surface area contributed by atoms with Gasteiger partial charge in [0, 0.05) is 26.1 Å². The highest BCUT2D eigenvalue weighted by atomic mass is 16.6. The normalized spacial score (nSPS) is 11.3. The van der Waals surface area contributed by atoms with Gasteiger partial charge in [-0.3, -0.25) is 9.59 Å². The van der Waals surface area contributed by atoms with E-state index >= 15 is 0 Å². The summed E-state index contributed by atoms with van der Waals surface area (Å²) in [5.74, 6) is -1.25. The van der Waals surface area contributed by atoms with Gasteiger partial charge >= 0.3 is 5.97 Å². The summed E-state index contributed by atoms with van der Waals surface area (Å²) in [5.41, 5.74) is 5.32. The fraction of sp³-hybridized carbons (Fsp3) is 0.926. The standard InChI is InChI=1S/C27H54N2O13/c28-4-7-34-9-11-36-13-15-38-17-19-40-21-23-42-25-24-41-22-20-39-18-16-37-14-12-35-10-8-33-6-1-5-29-26(30)2-3-27(31)32/h1-25,28H2,(H,29,30)(H,31,32). The summed E-state index contributed by atoms with van der Waals surface area (Å²) in [6.07, 6.45) is 0.481. The van der Waals surface area contributed by atoms with Crippen molar-refractivity contribution >= 4 is 11.9 Å². The zero-order valence-corrected chi connectivity index (χ0v) is 25.1. The number of amides is 1. The Morgan fingerprint density at radius 1 is 0.452 bits per heavy atom. The van der Waals surface area contributed by atoms with Gasteiger partial charge in [0.1, 0.15) is 0 Å². The van der Waals surface area contributed by atoms with Crippen LogP contribution in [0.15, 0.2) is 0 Å². The Morgan fingerprint density at radius 2 is 0.738 bits per heavy atom. The van der Waals surface area contributed by atoms with Gasteiger partial charge in [-0.1, -0.05) is 0 Å². The first kappa shape index (κ1) is 40.5. The van der Waals surface area contributed by atoms with E-state index in [0.29, 0.717) is 152 Å². The minimum Gasteiger partial charge on any atom is -0.481 e. The smallest absolute Gasteiger partial charge is 0.303 e. The Kier molecular flexibility index (Phi) is 34.4. The number of carbonyl (C=O) groups is 2. The van der Waals surface area contributed by atoms with Gasteiger partial charge in [0.05, 0.1) is 132 Å². The molecule has 0 heterocycles. The van der Waals surface area contributed by atoms with E-state index in [0.717, 1.165) is 0 Å². The molecule has 1 amide bonds. The number of nitrogens with one attached hydrogen (secondary N) is 1. The van der Waals surface area contributed by atoms with Crippen LogP contribution in [-0.4, -0.2) is 162 Å². The van der Waals surface area contributed by atoms with Crippen LogP contribution >= 0.6 is 0 Å². The van der Waals surface area contributed by atoms with Gasteiger partial charge < -0.3 is 63.5 Å². The largest absolute Gasteiger partial charge is 0.481 e. The third-order valence-electron chi connectivity index (χ3n) is 4.96. The number of hydrogen-bond acceptors (Lipinski definition) is 13. The lowest BCUT2D eigenvalue weighted by molar-refractivity contribution is -0.138. The van der Waals surface area contributed by atoms with Gasteiger partial charge in [0.25, 0.3) is 0 Å². The van der Waals surface area contributed by atoms with E-state index in [4.69, 9.17) is 58.2 Å². The first-order valence-electron chi connectivity index (χ1n) is 14.6. The van der Waals surface area contributed by atoms with E-state index in [1.807, 2.05) is 0 Å². The number of aliphatic carboxylic acids is 1. The molecular formula is C27H54N2O13. The number of carbonyl (C=O) groups excluding carboxylic acids is 1. The molecular weight excluding hydrogens is 560 g/mol. The van der Waals surface area contributed by atoms with Crippen molar-refractivity contribution in [2.75, 3.05) is 145 Å². The van der Waals surface area contributed by atoms with Gasteiger partial charge in [-0.15, -0.1) is 0 Å². The fourth-order valence-electron chi connectivity index (χ4n) is 2.88. The van der Waals surface area contributed by atoms with Crippen LogP contribution < -0.4 is 11.1 Å². The maximum absolute atomic E-state index is 11.3. The highest BCUT2D eigenvalue weighted by Gasteiger charge is 2.04. The molecule has 0 saturated carbocycles. The minimum atomic E-state index is -0.982. The third kappa shape index (κ3) is 36.5. The zero-order valence-electron chi connectivity index (χ0n) is 25.1. The second kappa shape index (κ2) is 35.7. The number of hydrogen-bond donors (Lipinski definition) is 3.